The van der Waals surface area contributed by atoms with Crippen LogP contribution in [-0.2, 0) is 36.7 Å². The van der Waals surface area contributed by atoms with Gasteiger partial charge in [0.2, 0.25) is 0 Å². The third-order valence-corrected chi connectivity index (χ3v) is 12.5. The molecule has 0 bridgehead atoms. The Morgan fingerprint density at radius 3 is 2.15 bits per heavy atom. The van der Waals surface area contributed by atoms with Crippen LogP contribution >= 0.6 is 11.3 Å². The van der Waals surface area contributed by atoms with E-state index in [1.165, 1.54) is 38.1 Å². The van der Waals surface area contributed by atoms with Crippen molar-refractivity contribution in [2.45, 2.75) is 121 Å². The van der Waals surface area contributed by atoms with Gasteiger partial charge in [0, 0.05) is 64.6 Å². The molecule has 0 aliphatic carbocycles. The second-order valence-corrected chi connectivity index (χ2v) is 17.4. The second kappa shape index (κ2) is 16.5. The van der Waals surface area contributed by atoms with E-state index in [0.29, 0.717) is 5.92 Å². The number of aliphatic hydroxyl groups excluding tert-OH is 1. The van der Waals surface area contributed by atoms with Crippen molar-refractivity contribution in [2.75, 3.05) is 0 Å². The number of rotatable bonds is 10. The first kappa shape index (κ1) is 42.4. The molecule has 3 aromatic carbocycles. The Kier molecular flexibility index (Phi) is 13.2. The third-order valence-electron chi connectivity index (χ3n) is 11.5. The molecule has 1 N–H and O–H groups in total. The molecule has 0 unspecified atom stereocenters. The van der Waals surface area contributed by atoms with Crippen LogP contribution in [0.1, 0.15) is 119 Å². The van der Waals surface area contributed by atoms with Crippen molar-refractivity contribution in [1.29, 1.82) is 0 Å². The maximum absolute atomic E-state index is 12.2. The summed E-state index contributed by atoms with van der Waals surface area (Å²) < 4.78 is 7.47. The molecule has 7 heteroatoms. The molecule has 3 heterocycles. The molecule has 0 aliphatic heterocycles. The Balaban J connectivity index is 0.000000299. The number of thiophene rings is 1. The van der Waals surface area contributed by atoms with Gasteiger partial charge in [-0.2, -0.15) is 0 Å². The second-order valence-electron chi connectivity index (χ2n) is 16.4. The van der Waals surface area contributed by atoms with Gasteiger partial charge in [-0.05, 0) is 67.0 Å². The van der Waals surface area contributed by atoms with E-state index in [-0.39, 0.29) is 47.9 Å². The van der Waals surface area contributed by atoms with Crippen molar-refractivity contribution in [2.24, 2.45) is 16.7 Å². The molecule has 53 heavy (non-hydrogen) atoms. The zero-order chi connectivity index (χ0) is 38.2. The van der Waals surface area contributed by atoms with Gasteiger partial charge in [-0.15, -0.1) is 40.5 Å². The number of carbonyl (C=O) groups is 1. The number of nitrogens with zero attached hydrogens (tertiary/aromatic N) is 2. The SMILES string of the molecule is CCC(C)(CC)C(=O)/C=C(\O)C(C)(CC)CC.Cc1c(CC(C)C)oc2cc3sc4ncnc(-c5[c-]c6ccccc6c(C(C)(C)C)c5)c4c3cc12.[Ir]. The van der Waals surface area contributed by atoms with Gasteiger partial charge < -0.3 is 9.52 Å². The van der Waals surface area contributed by atoms with E-state index in [9.17, 15) is 9.90 Å². The maximum atomic E-state index is 12.2. The monoisotopic (exact) mass is 910 g/mol. The van der Waals surface area contributed by atoms with Gasteiger partial charge in [-0.1, -0.05) is 105 Å². The number of ketones is 1. The van der Waals surface area contributed by atoms with Gasteiger partial charge in [0.15, 0.2) is 5.78 Å². The molecule has 285 valence electrons. The molecule has 6 aromatic rings. The van der Waals surface area contributed by atoms with E-state index in [1.54, 1.807) is 17.7 Å². The van der Waals surface area contributed by atoms with E-state index in [4.69, 9.17) is 9.40 Å². The van der Waals surface area contributed by atoms with Crippen molar-refractivity contribution in [3.63, 3.8) is 0 Å². The molecule has 1 radical (unpaired) electrons. The summed E-state index contributed by atoms with van der Waals surface area (Å²) in [6.45, 7) is 25.5. The molecule has 0 atom stereocenters. The van der Waals surface area contributed by atoms with E-state index in [1.807, 2.05) is 41.5 Å². The predicted molar refractivity (Wildman–Crippen MR) is 222 cm³/mol. The van der Waals surface area contributed by atoms with Gasteiger partial charge >= 0.3 is 0 Å². The minimum absolute atomic E-state index is 0. The standard InChI is InChI=1S/C31H29N2OS.C15H28O2.Ir/c1-17(2)11-25-18(3)22-14-23-27(15-26(22)34-25)35-30-28(23)29(32-16-33-30)20-12-19-9-7-8-10-21(19)24(13-20)31(4,5)6;1-7-14(5,8-2)12(16)11-13(17)15(6,9-3)10-4;/h7-10,13-17H,11H2,1-6H3;11,16H,7-10H2,1-6H3;/q-1;;/b;12-11-;. The van der Waals surface area contributed by atoms with Crippen LogP contribution in [0.2, 0.25) is 0 Å². The van der Waals surface area contributed by atoms with Crippen LogP contribution in [0.4, 0.5) is 0 Å². The molecule has 0 fully saturated rings. The Hall–Kier alpha value is -3.38. The van der Waals surface area contributed by atoms with Gasteiger partial charge in [0.25, 0.3) is 0 Å². The molecule has 3 aromatic heterocycles. The average Bonchev–Trinajstić information content (AvgIpc) is 3.64. The number of aromatic nitrogens is 2. The van der Waals surface area contributed by atoms with E-state index in [0.717, 1.165) is 70.3 Å². The fraction of sp³-hybridized carbons (Fsp3) is 0.457. The minimum Gasteiger partial charge on any atom is -0.512 e. The number of aryl methyl sites for hydroxylation is 1. The Morgan fingerprint density at radius 2 is 1.55 bits per heavy atom. The number of hydrogen-bond donors (Lipinski definition) is 1. The number of benzene rings is 3. The molecular formula is C46H57IrN2O3S-. The fourth-order valence-corrected chi connectivity index (χ4v) is 7.86. The van der Waals surface area contributed by atoms with Crippen LogP contribution in [0, 0.1) is 29.7 Å². The molecular weight excluding hydrogens is 853 g/mol. The third kappa shape index (κ3) is 8.48. The molecule has 0 saturated heterocycles. The quantitative estimate of drug-likeness (QED) is 0.0842. The fourth-order valence-electron chi connectivity index (χ4n) is 6.80. The topological polar surface area (TPSA) is 76.2 Å². The summed E-state index contributed by atoms with van der Waals surface area (Å²) in [5.74, 6) is 1.93. The summed E-state index contributed by atoms with van der Waals surface area (Å²) in [6, 6.07) is 18.9. The first-order chi connectivity index (χ1) is 24.5. The van der Waals surface area contributed by atoms with Crippen LogP contribution in [0.15, 0.2) is 65.0 Å². The van der Waals surface area contributed by atoms with Crippen LogP contribution < -0.4 is 0 Å². The summed E-state index contributed by atoms with van der Waals surface area (Å²) in [5, 5.41) is 16.0. The largest absolute Gasteiger partial charge is 0.512 e. The molecule has 0 spiro atoms. The number of fused-ring (bicyclic) bond motifs is 5. The van der Waals surface area contributed by atoms with E-state index < -0.39 is 0 Å². The van der Waals surface area contributed by atoms with Crippen molar-refractivity contribution >= 4 is 59.2 Å². The molecule has 0 aliphatic rings. The maximum Gasteiger partial charge on any atom is 0.164 e. The number of hydrogen-bond acceptors (Lipinski definition) is 6. The summed E-state index contributed by atoms with van der Waals surface area (Å²) >= 11 is 1.70. The predicted octanol–water partition coefficient (Wildman–Crippen LogP) is 13.7. The Labute approximate surface area is 334 Å². The van der Waals surface area contributed by atoms with Crippen LogP contribution in [0.5, 0.6) is 0 Å². The molecule has 5 nitrogen and oxygen atoms in total. The average molecular weight is 910 g/mol. The van der Waals surface area contributed by atoms with Crippen molar-refractivity contribution in [1.82, 2.24) is 9.97 Å². The Morgan fingerprint density at radius 1 is 0.906 bits per heavy atom. The van der Waals surface area contributed by atoms with E-state index >= 15 is 0 Å². The summed E-state index contributed by atoms with van der Waals surface area (Å²) in [6.07, 6.45) is 7.39. The molecule has 0 saturated carbocycles. The Bertz CT molecular complexity index is 2260. The van der Waals surface area contributed by atoms with Crippen LogP contribution in [0.3, 0.4) is 0 Å². The first-order valence-corrected chi connectivity index (χ1v) is 19.8. The number of aliphatic hydroxyl groups is 1. The van der Waals surface area contributed by atoms with Gasteiger partial charge in [-0.25, -0.2) is 4.98 Å². The first-order valence-electron chi connectivity index (χ1n) is 19.0. The van der Waals surface area contributed by atoms with Gasteiger partial charge in [0.1, 0.15) is 28.3 Å². The zero-order valence-corrected chi connectivity index (χ0v) is 36.9. The number of allylic oxidation sites excluding steroid dienone is 2. The van der Waals surface area contributed by atoms with Crippen molar-refractivity contribution in [3.8, 4) is 11.3 Å². The summed E-state index contributed by atoms with van der Waals surface area (Å²) in [7, 11) is 0. The minimum atomic E-state index is -0.337. The molecule has 0 amide bonds. The number of carbonyl (C=O) groups excluding carboxylic acids is 1. The summed E-state index contributed by atoms with van der Waals surface area (Å²) in [4.78, 5) is 22.6. The van der Waals surface area contributed by atoms with Gasteiger partial charge in [0.05, 0.1) is 0 Å². The van der Waals surface area contributed by atoms with Crippen molar-refractivity contribution in [3.05, 3.63) is 83.6 Å². The number of furan rings is 1. The van der Waals surface area contributed by atoms with Gasteiger partial charge in [-0.3, -0.25) is 9.78 Å². The van der Waals surface area contributed by atoms with Crippen LogP contribution in [-0.4, -0.2) is 20.9 Å². The molecule has 6 rings (SSSR count). The van der Waals surface area contributed by atoms with Crippen LogP contribution in [0.25, 0.3) is 53.3 Å². The van der Waals surface area contributed by atoms with E-state index in [2.05, 4.69) is 95.1 Å². The van der Waals surface area contributed by atoms with Crippen molar-refractivity contribution < 1.29 is 34.4 Å². The normalized spacial score (nSPS) is 12.8. The smallest absolute Gasteiger partial charge is 0.164 e. The zero-order valence-electron chi connectivity index (χ0n) is 33.7. The summed E-state index contributed by atoms with van der Waals surface area (Å²) in [5.41, 5.74) is 4.86.